The molecule has 0 saturated carbocycles. The van der Waals surface area contributed by atoms with Gasteiger partial charge in [-0.05, 0) is 79.3 Å². The van der Waals surface area contributed by atoms with E-state index in [-0.39, 0.29) is 0 Å². The molecule has 0 amide bonds. The third-order valence-electron chi connectivity index (χ3n) is 5.04. The van der Waals surface area contributed by atoms with E-state index in [1.165, 1.54) is 24.0 Å². The van der Waals surface area contributed by atoms with Gasteiger partial charge >= 0.3 is 0 Å². The van der Waals surface area contributed by atoms with E-state index < -0.39 is 0 Å². The van der Waals surface area contributed by atoms with E-state index in [0.29, 0.717) is 11.7 Å². The van der Waals surface area contributed by atoms with E-state index >= 15 is 0 Å². The summed E-state index contributed by atoms with van der Waals surface area (Å²) in [5.74, 6) is 1.89. The normalized spacial score (nSPS) is 19.5. The second kappa shape index (κ2) is 7.25. The number of hydrogen-bond donors (Lipinski definition) is 1. The molecule has 120 valence electrons. The van der Waals surface area contributed by atoms with Crippen molar-refractivity contribution in [3.8, 4) is 5.75 Å². The van der Waals surface area contributed by atoms with Crippen molar-refractivity contribution in [2.45, 2.75) is 53.4 Å². The standard InChI is InChI=1S/C13H17B.C8H10O/c1-8-4-5-11-7-12(14)6-9(2)13(11)10(8)3;1-6-3-4-7(2)8(9)5-6/h6-8,10H,4-5H2,1-3H3;3-5,9H,1-2H3. The van der Waals surface area contributed by atoms with E-state index in [0.717, 1.165) is 22.5 Å². The zero-order valence-electron chi connectivity index (χ0n) is 15.0. The lowest BCUT2D eigenvalue weighted by molar-refractivity contribution is 0.424. The number of aromatic hydroxyl groups is 1. The van der Waals surface area contributed by atoms with Gasteiger partial charge in [-0.15, -0.1) is 0 Å². The molecule has 1 nitrogen and oxygen atoms in total. The van der Waals surface area contributed by atoms with Gasteiger partial charge in [0.15, 0.2) is 0 Å². The number of aryl methyl sites for hydroxylation is 4. The van der Waals surface area contributed by atoms with E-state index in [1.54, 1.807) is 11.6 Å². The molecule has 3 rings (SSSR count). The molecule has 0 spiro atoms. The van der Waals surface area contributed by atoms with Crippen molar-refractivity contribution in [3.63, 3.8) is 0 Å². The van der Waals surface area contributed by atoms with Crippen LogP contribution in [0, 0.1) is 26.7 Å². The van der Waals surface area contributed by atoms with Crippen LogP contribution in [-0.4, -0.2) is 13.0 Å². The summed E-state index contributed by atoms with van der Waals surface area (Å²) in [6.07, 6.45) is 2.50. The number of fused-ring (bicyclic) bond motifs is 1. The van der Waals surface area contributed by atoms with Crippen molar-refractivity contribution in [1.29, 1.82) is 0 Å². The summed E-state index contributed by atoms with van der Waals surface area (Å²) in [7, 11) is 5.86. The van der Waals surface area contributed by atoms with Crippen molar-refractivity contribution < 1.29 is 5.11 Å². The molecule has 0 aromatic heterocycles. The van der Waals surface area contributed by atoms with Crippen LogP contribution in [0.4, 0.5) is 0 Å². The van der Waals surface area contributed by atoms with Crippen molar-refractivity contribution in [3.05, 3.63) is 58.1 Å². The fourth-order valence-electron chi connectivity index (χ4n) is 3.40. The molecule has 1 aliphatic carbocycles. The molecule has 2 unspecified atom stereocenters. The Labute approximate surface area is 142 Å². The average molecular weight is 306 g/mol. The molecule has 0 aliphatic heterocycles. The molecule has 0 fully saturated rings. The quantitative estimate of drug-likeness (QED) is 0.711. The minimum atomic E-state index is 0.384. The summed E-state index contributed by atoms with van der Waals surface area (Å²) in [5, 5.41) is 9.10. The first-order valence-corrected chi connectivity index (χ1v) is 8.44. The van der Waals surface area contributed by atoms with Crippen LogP contribution in [0.1, 0.15) is 54.0 Å². The predicted molar refractivity (Wildman–Crippen MR) is 100 cm³/mol. The summed E-state index contributed by atoms with van der Waals surface area (Å²) >= 11 is 0. The Morgan fingerprint density at radius 2 is 1.70 bits per heavy atom. The zero-order valence-corrected chi connectivity index (χ0v) is 15.0. The Morgan fingerprint density at radius 1 is 1.00 bits per heavy atom. The minimum Gasteiger partial charge on any atom is -0.508 e. The van der Waals surface area contributed by atoms with Crippen LogP contribution in [0.25, 0.3) is 0 Å². The molecule has 0 bridgehead atoms. The molecule has 0 saturated heterocycles. The first-order valence-electron chi connectivity index (χ1n) is 8.44. The molecular formula is C21H27BO. The highest BCUT2D eigenvalue weighted by Gasteiger charge is 2.24. The summed E-state index contributed by atoms with van der Waals surface area (Å²) in [4.78, 5) is 0. The van der Waals surface area contributed by atoms with Crippen LogP contribution in [-0.2, 0) is 6.42 Å². The third-order valence-corrected chi connectivity index (χ3v) is 5.04. The van der Waals surface area contributed by atoms with Gasteiger partial charge in [-0.3, -0.25) is 0 Å². The second-order valence-corrected chi connectivity index (χ2v) is 7.01. The molecule has 2 radical (unpaired) electrons. The van der Waals surface area contributed by atoms with Crippen LogP contribution in [0.2, 0.25) is 0 Å². The molecule has 0 heterocycles. The molecule has 1 aliphatic rings. The van der Waals surface area contributed by atoms with E-state index in [9.17, 15) is 0 Å². The molecule has 2 aromatic rings. The van der Waals surface area contributed by atoms with Crippen LogP contribution < -0.4 is 5.46 Å². The lowest BCUT2D eigenvalue weighted by atomic mass is 9.73. The Balaban J connectivity index is 0.000000185. The molecular weight excluding hydrogens is 279 g/mol. The zero-order chi connectivity index (χ0) is 17.1. The van der Waals surface area contributed by atoms with Crippen molar-refractivity contribution in [1.82, 2.24) is 0 Å². The topological polar surface area (TPSA) is 20.2 Å². The van der Waals surface area contributed by atoms with Gasteiger partial charge in [0.1, 0.15) is 13.6 Å². The van der Waals surface area contributed by atoms with Gasteiger partial charge in [0.25, 0.3) is 0 Å². The van der Waals surface area contributed by atoms with Crippen LogP contribution in [0.15, 0.2) is 30.3 Å². The summed E-state index contributed by atoms with van der Waals surface area (Å²) in [5.41, 5.74) is 7.35. The maximum atomic E-state index is 9.10. The first kappa shape index (κ1) is 17.7. The van der Waals surface area contributed by atoms with Crippen molar-refractivity contribution in [2.75, 3.05) is 0 Å². The van der Waals surface area contributed by atoms with Gasteiger partial charge in [0.2, 0.25) is 0 Å². The van der Waals surface area contributed by atoms with Gasteiger partial charge in [-0.2, -0.15) is 0 Å². The van der Waals surface area contributed by atoms with E-state index in [1.807, 2.05) is 26.0 Å². The minimum absolute atomic E-state index is 0.384. The molecule has 1 N–H and O–H groups in total. The van der Waals surface area contributed by atoms with Crippen LogP contribution in [0.5, 0.6) is 5.75 Å². The first-order chi connectivity index (χ1) is 10.8. The Hall–Kier alpha value is -1.70. The Bertz CT molecular complexity index is 690. The van der Waals surface area contributed by atoms with Gasteiger partial charge < -0.3 is 5.11 Å². The van der Waals surface area contributed by atoms with E-state index in [4.69, 9.17) is 13.0 Å². The number of phenols is 1. The fraction of sp³-hybridized carbons (Fsp3) is 0.429. The van der Waals surface area contributed by atoms with Crippen LogP contribution in [0.3, 0.4) is 0 Å². The van der Waals surface area contributed by atoms with E-state index in [2.05, 4.69) is 32.9 Å². The third kappa shape index (κ3) is 4.19. The lowest BCUT2D eigenvalue weighted by Gasteiger charge is -2.30. The predicted octanol–water partition coefficient (Wildman–Crippen LogP) is 4.48. The number of benzene rings is 2. The highest BCUT2D eigenvalue weighted by Crippen LogP contribution is 2.36. The summed E-state index contributed by atoms with van der Waals surface area (Å²) < 4.78 is 0. The average Bonchev–Trinajstić information content (AvgIpc) is 2.47. The Kier molecular flexibility index (Phi) is 5.57. The lowest BCUT2D eigenvalue weighted by Crippen LogP contribution is -2.20. The fourth-order valence-corrected chi connectivity index (χ4v) is 3.40. The second-order valence-electron chi connectivity index (χ2n) is 7.01. The van der Waals surface area contributed by atoms with Crippen LogP contribution >= 0.6 is 0 Å². The highest BCUT2D eigenvalue weighted by atomic mass is 16.3. The molecule has 2 atom stereocenters. The maximum Gasteiger partial charge on any atom is 0.118 e. The SMILES string of the molecule is Cc1ccc(C)c(O)c1.[B]c1cc(C)c2c(c1)CCC(C)C2C. The maximum absolute atomic E-state index is 9.10. The molecule has 2 heteroatoms. The Morgan fingerprint density at radius 3 is 2.30 bits per heavy atom. The number of hydrogen-bond acceptors (Lipinski definition) is 1. The largest absolute Gasteiger partial charge is 0.508 e. The number of rotatable bonds is 0. The van der Waals surface area contributed by atoms with Gasteiger partial charge in [-0.25, -0.2) is 0 Å². The van der Waals surface area contributed by atoms with Gasteiger partial charge in [0.05, 0.1) is 0 Å². The molecule has 23 heavy (non-hydrogen) atoms. The summed E-state index contributed by atoms with van der Waals surface area (Å²) in [6.45, 7) is 10.7. The van der Waals surface area contributed by atoms with Crippen molar-refractivity contribution in [2.24, 2.45) is 5.92 Å². The van der Waals surface area contributed by atoms with Gasteiger partial charge in [0, 0.05) is 0 Å². The number of phenolic OH excluding ortho intramolecular Hbond substituents is 1. The highest BCUT2D eigenvalue weighted by molar-refractivity contribution is 6.32. The monoisotopic (exact) mass is 306 g/mol. The summed E-state index contributed by atoms with van der Waals surface area (Å²) in [6, 6.07) is 9.91. The molecule has 2 aromatic carbocycles. The smallest absolute Gasteiger partial charge is 0.118 e. The van der Waals surface area contributed by atoms with Crippen molar-refractivity contribution >= 4 is 13.3 Å². The van der Waals surface area contributed by atoms with Gasteiger partial charge in [-0.1, -0.05) is 43.6 Å².